The van der Waals surface area contributed by atoms with Crippen LogP contribution < -0.4 is 16.0 Å². The van der Waals surface area contributed by atoms with E-state index in [9.17, 15) is 9.59 Å². The largest absolute Gasteiger partial charge is 0.326 e. The third-order valence-electron chi connectivity index (χ3n) is 5.13. The van der Waals surface area contributed by atoms with Gasteiger partial charge in [0.15, 0.2) is 0 Å². The van der Waals surface area contributed by atoms with Gasteiger partial charge < -0.3 is 16.0 Å². The zero-order valence-electron chi connectivity index (χ0n) is 15.9. The third-order valence-corrected chi connectivity index (χ3v) is 5.13. The maximum Gasteiger partial charge on any atom is 0.252 e. The molecular formula is C20H27N5O2. The minimum Gasteiger partial charge on any atom is -0.326 e. The van der Waals surface area contributed by atoms with Gasteiger partial charge in [-0.3, -0.25) is 14.3 Å². The van der Waals surface area contributed by atoms with Gasteiger partial charge in [0.25, 0.3) is 5.91 Å². The Bertz CT molecular complexity index is 795. The summed E-state index contributed by atoms with van der Waals surface area (Å²) in [6.45, 7) is 5.40. The molecule has 0 unspecified atom stereocenters. The molecule has 27 heavy (non-hydrogen) atoms. The first-order valence-electron chi connectivity index (χ1n) is 9.48. The lowest BCUT2D eigenvalue weighted by molar-refractivity contribution is -0.126. The van der Waals surface area contributed by atoms with E-state index in [1.807, 2.05) is 44.3 Å². The smallest absolute Gasteiger partial charge is 0.252 e. The fourth-order valence-electron chi connectivity index (χ4n) is 3.51. The normalized spacial score (nSPS) is 15.9. The molecule has 1 saturated heterocycles. The van der Waals surface area contributed by atoms with Crippen LogP contribution in [0.15, 0.2) is 36.7 Å². The van der Waals surface area contributed by atoms with Crippen molar-refractivity contribution in [3.8, 4) is 0 Å². The van der Waals surface area contributed by atoms with Crippen LogP contribution in [0.3, 0.4) is 0 Å². The molecule has 0 aliphatic carbocycles. The van der Waals surface area contributed by atoms with Crippen molar-refractivity contribution in [2.45, 2.75) is 45.1 Å². The van der Waals surface area contributed by atoms with Gasteiger partial charge in [0.2, 0.25) is 5.91 Å². The standard InChI is InChI=1S/C20H27N5O2/c1-3-6-18(26)23-16-7-4-8-17(15(16)2)24-19(27)20(9-12-21-13-10-20)25-14-5-11-22-25/h4-5,7-8,11,14,21H,3,6,9-10,12-13H2,1-2H3,(H,23,26)(H,24,27). The number of nitrogens with zero attached hydrogens (tertiary/aromatic N) is 2. The van der Waals surface area contributed by atoms with Gasteiger partial charge in [-0.2, -0.15) is 5.10 Å². The first-order valence-corrected chi connectivity index (χ1v) is 9.48. The molecule has 1 aromatic carbocycles. The van der Waals surface area contributed by atoms with Crippen LogP contribution in [0.25, 0.3) is 0 Å². The van der Waals surface area contributed by atoms with Crippen molar-refractivity contribution >= 4 is 23.2 Å². The average molecular weight is 369 g/mol. The van der Waals surface area contributed by atoms with Gasteiger partial charge in [0, 0.05) is 30.2 Å². The molecule has 1 fully saturated rings. The van der Waals surface area contributed by atoms with Crippen LogP contribution >= 0.6 is 0 Å². The predicted octanol–water partition coefficient (Wildman–Crippen LogP) is 2.65. The Morgan fingerprint density at radius 2 is 1.89 bits per heavy atom. The summed E-state index contributed by atoms with van der Waals surface area (Å²) < 4.78 is 1.77. The van der Waals surface area contributed by atoms with Crippen molar-refractivity contribution in [2.24, 2.45) is 0 Å². The highest BCUT2D eigenvalue weighted by atomic mass is 16.2. The molecule has 3 N–H and O–H groups in total. The Morgan fingerprint density at radius 1 is 1.19 bits per heavy atom. The topological polar surface area (TPSA) is 88.1 Å². The molecule has 1 aliphatic heterocycles. The molecule has 1 aliphatic rings. The number of benzene rings is 1. The van der Waals surface area contributed by atoms with Gasteiger partial charge in [-0.25, -0.2) is 0 Å². The Balaban J connectivity index is 1.83. The number of piperidine rings is 1. The van der Waals surface area contributed by atoms with Gasteiger partial charge >= 0.3 is 0 Å². The van der Waals surface area contributed by atoms with Gasteiger partial charge in [0.05, 0.1) is 0 Å². The summed E-state index contributed by atoms with van der Waals surface area (Å²) in [6, 6.07) is 7.40. The Hall–Kier alpha value is -2.67. The number of nitrogens with one attached hydrogen (secondary N) is 3. The zero-order valence-corrected chi connectivity index (χ0v) is 15.9. The summed E-state index contributed by atoms with van der Waals surface area (Å²) in [5, 5.41) is 13.7. The Morgan fingerprint density at radius 3 is 2.52 bits per heavy atom. The highest BCUT2D eigenvalue weighted by Crippen LogP contribution is 2.30. The van der Waals surface area contributed by atoms with Crippen LogP contribution in [0.4, 0.5) is 11.4 Å². The highest BCUT2D eigenvalue weighted by molar-refractivity contribution is 5.99. The minimum atomic E-state index is -0.706. The summed E-state index contributed by atoms with van der Waals surface area (Å²) in [7, 11) is 0. The number of aromatic nitrogens is 2. The zero-order chi connectivity index (χ0) is 19.3. The molecule has 2 amide bonds. The molecule has 144 valence electrons. The molecular weight excluding hydrogens is 342 g/mol. The van der Waals surface area contributed by atoms with Gasteiger partial charge in [-0.1, -0.05) is 13.0 Å². The van der Waals surface area contributed by atoms with Crippen molar-refractivity contribution in [3.63, 3.8) is 0 Å². The Labute approximate surface area is 159 Å². The molecule has 3 rings (SSSR count). The first kappa shape index (κ1) is 19.1. The number of carbonyl (C=O) groups is 2. The van der Waals surface area contributed by atoms with Gasteiger partial charge in [-0.05, 0) is 63.0 Å². The maximum atomic E-state index is 13.3. The fraction of sp³-hybridized carbons (Fsp3) is 0.450. The third kappa shape index (κ3) is 4.03. The SMILES string of the molecule is CCCC(=O)Nc1cccc(NC(=O)C2(n3cccn3)CCNCC2)c1C. The van der Waals surface area contributed by atoms with E-state index in [0.717, 1.165) is 30.8 Å². The molecule has 7 nitrogen and oxygen atoms in total. The maximum absolute atomic E-state index is 13.3. The molecule has 2 aromatic rings. The summed E-state index contributed by atoms with van der Waals surface area (Å²) in [6.07, 6.45) is 6.16. The molecule has 0 bridgehead atoms. The lowest BCUT2D eigenvalue weighted by Gasteiger charge is -2.36. The van der Waals surface area contributed by atoms with Crippen molar-refractivity contribution in [1.29, 1.82) is 0 Å². The predicted molar refractivity (Wildman–Crippen MR) is 106 cm³/mol. The number of rotatable bonds is 6. The average Bonchev–Trinajstić information content (AvgIpc) is 3.21. The van der Waals surface area contributed by atoms with E-state index in [1.54, 1.807) is 10.9 Å². The van der Waals surface area contributed by atoms with Crippen molar-refractivity contribution < 1.29 is 9.59 Å². The fourth-order valence-corrected chi connectivity index (χ4v) is 3.51. The quantitative estimate of drug-likeness (QED) is 0.730. The van der Waals surface area contributed by atoms with Gasteiger partial charge in [-0.15, -0.1) is 0 Å². The lowest BCUT2D eigenvalue weighted by Crippen LogP contribution is -2.52. The molecule has 7 heteroatoms. The first-order chi connectivity index (χ1) is 13.1. The second-order valence-corrected chi connectivity index (χ2v) is 6.96. The van der Waals surface area contributed by atoms with Gasteiger partial charge in [0.1, 0.15) is 5.54 Å². The second kappa shape index (κ2) is 8.35. The number of hydrogen-bond acceptors (Lipinski definition) is 4. The number of hydrogen-bond donors (Lipinski definition) is 3. The summed E-state index contributed by atoms with van der Waals surface area (Å²) >= 11 is 0. The van der Waals surface area contributed by atoms with Crippen molar-refractivity contribution in [2.75, 3.05) is 23.7 Å². The van der Waals surface area contributed by atoms with Crippen LogP contribution in [-0.2, 0) is 15.1 Å². The minimum absolute atomic E-state index is 0.0181. The van der Waals surface area contributed by atoms with E-state index in [2.05, 4.69) is 21.0 Å². The summed E-state index contributed by atoms with van der Waals surface area (Å²) in [4.78, 5) is 25.2. The molecule has 2 heterocycles. The lowest BCUT2D eigenvalue weighted by atomic mass is 9.87. The van der Waals surface area contributed by atoms with Crippen molar-refractivity contribution in [1.82, 2.24) is 15.1 Å². The van der Waals surface area contributed by atoms with Crippen LogP contribution in [0.2, 0.25) is 0 Å². The van der Waals surface area contributed by atoms with Crippen LogP contribution in [-0.4, -0.2) is 34.7 Å². The van der Waals surface area contributed by atoms with Crippen LogP contribution in [0.5, 0.6) is 0 Å². The van der Waals surface area contributed by atoms with E-state index in [0.29, 0.717) is 24.9 Å². The van der Waals surface area contributed by atoms with E-state index in [-0.39, 0.29) is 11.8 Å². The molecule has 0 spiro atoms. The van der Waals surface area contributed by atoms with Crippen LogP contribution in [0.1, 0.15) is 38.2 Å². The Kier molecular flexibility index (Phi) is 5.91. The molecule has 0 saturated carbocycles. The number of amides is 2. The molecule has 0 atom stereocenters. The number of carbonyl (C=O) groups excluding carboxylic acids is 2. The number of anilines is 2. The second-order valence-electron chi connectivity index (χ2n) is 6.96. The van der Waals surface area contributed by atoms with Crippen LogP contribution in [0, 0.1) is 6.92 Å². The molecule has 0 radical (unpaired) electrons. The highest BCUT2D eigenvalue weighted by Gasteiger charge is 2.42. The summed E-state index contributed by atoms with van der Waals surface area (Å²) in [5.74, 6) is -0.0942. The molecule has 1 aromatic heterocycles. The summed E-state index contributed by atoms with van der Waals surface area (Å²) in [5.41, 5.74) is 1.58. The van der Waals surface area contributed by atoms with Crippen molar-refractivity contribution in [3.05, 3.63) is 42.2 Å². The monoisotopic (exact) mass is 369 g/mol. The van der Waals surface area contributed by atoms with E-state index in [1.165, 1.54) is 0 Å². The van der Waals surface area contributed by atoms with E-state index in [4.69, 9.17) is 0 Å². The van der Waals surface area contributed by atoms with E-state index >= 15 is 0 Å². The van der Waals surface area contributed by atoms with E-state index < -0.39 is 5.54 Å².